The van der Waals surface area contributed by atoms with Crippen LogP contribution >= 0.6 is 0 Å². The van der Waals surface area contributed by atoms with Crippen LogP contribution in [0.2, 0.25) is 0 Å². The average Bonchev–Trinajstić information content (AvgIpc) is 3.28. The number of morpholine rings is 1. The maximum atomic E-state index is 12.3. The molecule has 3 aromatic rings. The van der Waals surface area contributed by atoms with Gasteiger partial charge in [-0.25, -0.2) is 9.97 Å². The molecule has 1 aromatic carbocycles. The summed E-state index contributed by atoms with van der Waals surface area (Å²) in [5.74, 6) is 2.35. The highest BCUT2D eigenvalue weighted by atomic mass is 16.5. The van der Waals surface area contributed by atoms with Crippen molar-refractivity contribution in [1.29, 1.82) is 0 Å². The van der Waals surface area contributed by atoms with Gasteiger partial charge in [-0.05, 0) is 12.5 Å². The summed E-state index contributed by atoms with van der Waals surface area (Å²) in [6, 6.07) is 13.8. The second-order valence-corrected chi connectivity index (χ2v) is 7.20. The van der Waals surface area contributed by atoms with E-state index in [2.05, 4.69) is 20.2 Å². The van der Waals surface area contributed by atoms with Crippen LogP contribution in [0.1, 0.15) is 24.3 Å². The summed E-state index contributed by atoms with van der Waals surface area (Å²) < 4.78 is 11.2. The minimum atomic E-state index is 0.0154. The van der Waals surface area contributed by atoms with Gasteiger partial charge >= 0.3 is 0 Å². The largest absolute Gasteiger partial charge is 0.441 e. The van der Waals surface area contributed by atoms with Crippen molar-refractivity contribution in [1.82, 2.24) is 15.3 Å². The number of nitrogens with zero attached hydrogens (tertiary/aromatic N) is 3. The van der Waals surface area contributed by atoms with Gasteiger partial charge in [0.2, 0.25) is 5.91 Å². The van der Waals surface area contributed by atoms with Crippen LogP contribution in [0.25, 0.3) is 11.3 Å². The average molecular weight is 406 g/mol. The number of pyridine rings is 1. The molecular formula is C23H26N4O3. The number of oxazole rings is 1. The number of amides is 1. The molecule has 0 spiro atoms. The second-order valence-electron chi connectivity index (χ2n) is 7.20. The third kappa shape index (κ3) is 5.24. The number of carbonyl (C=O) groups excluding carboxylic acids is 1. The number of anilines is 1. The fourth-order valence-corrected chi connectivity index (χ4v) is 3.47. The summed E-state index contributed by atoms with van der Waals surface area (Å²) in [7, 11) is 0. The highest BCUT2D eigenvalue weighted by Crippen LogP contribution is 2.21. The zero-order valence-electron chi connectivity index (χ0n) is 16.9. The Balaban J connectivity index is 1.24. The molecule has 4 rings (SSSR count). The fraction of sp³-hybridized carbons (Fsp3) is 0.348. The van der Waals surface area contributed by atoms with Crippen LogP contribution in [0.3, 0.4) is 0 Å². The molecule has 0 radical (unpaired) electrons. The number of hydrogen-bond donors (Lipinski definition) is 1. The zero-order chi connectivity index (χ0) is 20.6. The Morgan fingerprint density at radius 1 is 1.07 bits per heavy atom. The number of rotatable bonds is 8. The molecule has 2 aromatic heterocycles. The van der Waals surface area contributed by atoms with E-state index < -0.39 is 0 Å². The number of ether oxygens (including phenoxy) is 1. The molecule has 0 unspecified atom stereocenters. The lowest BCUT2D eigenvalue weighted by molar-refractivity contribution is -0.121. The minimum Gasteiger partial charge on any atom is -0.441 e. The van der Waals surface area contributed by atoms with E-state index in [4.69, 9.17) is 9.15 Å². The van der Waals surface area contributed by atoms with Gasteiger partial charge in [-0.3, -0.25) is 4.79 Å². The standard InChI is InChI=1S/C23H26N4O3/c28-21(9-4-10-22-26-17-20(30-22)18-6-2-1-3-7-18)25-16-19-8-5-11-24-23(19)27-12-14-29-15-13-27/h1-3,5-8,11,17H,4,9-10,12-16H2,(H,25,28). The molecule has 3 heterocycles. The molecule has 0 saturated carbocycles. The first-order chi connectivity index (χ1) is 14.8. The van der Waals surface area contributed by atoms with Gasteiger partial charge in [0.1, 0.15) is 5.82 Å². The Labute approximate surface area is 176 Å². The van der Waals surface area contributed by atoms with Crippen molar-refractivity contribution in [3.8, 4) is 11.3 Å². The Bertz CT molecular complexity index is 952. The summed E-state index contributed by atoms with van der Waals surface area (Å²) in [5, 5.41) is 3.01. The summed E-state index contributed by atoms with van der Waals surface area (Å²) in [5.41, 5.74) is 2.02. The summed E-state index contributed by atoms with van der Waals surface area (Å²) in [6.07, 6.45) is 5.27. The van der Waals surface area contributed by atoms with Crippen LogP contribution in [0, 0.1) is 0 Å². The third-order valence-electron chi connectivity index (χ3n) is 5.06. The first kappa shape index (κ1) is 20.1. The molecule has 0 atom stereocenters. The van der Waals surface area contributed by atoms with E-state index >= 15 is 0 Å². The molecule has 7 nitrogen and oxygen atoms in total. The highest BCUT2D eigenvalue weighted by Gasteiger charge is 2.16. The van der Waals surface area contributed by atoms with Crippen molar-refractivity contribution in [3.05, 3.63) is 66.3 Å². The lowest BCUT2D eigenvalue weighted by Crippen LogP contribution is -2.37. The lowest BCUT2D eigenvalue weighted by Gasteiger charge is -2.29. The Kier molecular flexibility index (Phi) is 6.72. The molecule has 1 saturated heterocycles. The maximum absolute atomic E-state index is 12.3. The molecule has 0 bridgehead atoms. The quantitative estimate of drug-likeness (QED) is 0.619. The van der Waals surface area contributed by atoms with Crippen molar-refractivity contribution in [2.45, 2.75) is 25.8 Å². The SMILES string of the molecule is O=C(CCCc1ncc(-c2ccccc2)o1)NCc1cccnc1N1CCOCC1. The van der Waals surface area contributed by atoms with Gasteiger partial charge < -0.3 is 19.4 Å². The molecule has 1 amide bonds. The van der Waals surface area contributed by atoms with Crippen LogP contribution in [-0.4, -0.2) is 42.2 Å². The summed E-state index contributed by atoms with van der Waals surface area (Å²) in [6.45, 7) is 3.51. The van der Waals surface area contributed by atoms with E-state index in [1.54, 1.807) is 12.4 Å². The molecular weight excluding hydrogens is 380 g/mol. The Morgan fingerprint density at radius 2 is 1.90 bits per heavy atom. The number of carbonyl (C=O) groups is 1. The van der Waals surface area contributed by atoms with Crippen molar-refractivity contribution in [3.63, 3.8) is 0 Å². The monoisotopic (exact) mass is 406 g/mol. The van der Waals surface area contributed by atoms with Crippen molar-refractivity contribution in [2.75, 3.05) is 31.2 Å². The van der Waals surface area contributed by atoms with Crippen LogP contribution in [0.4, 0.5) is 5.82 Å². The predicted octanol–water partition coefficient (Wildman–Crippen LogP) is 3.21. The minimum absolute atomic E-state index is 0.0154. The topological polar surface area (TPSA) is 80.5 Å². The smallest absolute Gasteiger partial charge is 0.220 e. The Morgan fingerprint density at radius 3 is 2.73 bits per heavy atom. The number of nitrogens with one attached hydrogen (secondary N) is 1. The Hall–Kier alpha value is -3.19. The zero-order valence-corrected chi connectivity index (χ0v) is 16.9. The fourth-order valence-electron chi connectivity index (χ4n) is 3.47. The lowest BCUT2D eigenvalue weighted by atomic mass is 10.2. The van der Waals surface area contributed by atoms with Gasteiger partial charge in [0.05, 0.1) is 19.4 Å². The number of aromatic nitrogens is 2. The van der Waals surface area contributed by atoms with Gasteiger partial charge in [-0.1, -0.05) is 36.4 Å². The summed E-state index contributed by atoms with van der Waals surface area (Å²) in [4.78, 5) is 23.3. The number of aryl methyl sites for hydroxylation is 1. The molecule has 1 N–H and O–H groups in total. The van der Waals surface area contributed by atoms with Crippen LogP contribution in [0.5, 0.6) is 0 Å². The normalized spacial score (nSPS) is 13.9. The van der Waals surface area contributed by atoms with Crippen LogP contribution in [-0.2, 0) is 22.5 Å². The van der Waals surface area contributed by atoms with E-state index in [9.17, 15) is 4.79 Å². The van der Waals surface area contributed by atoms with E-state index in [-0.39, 0.29) is 5.91 Å². The maximum Gasteiger partial charge on any atom is 0.220 e. The number of hydrogen-bond acceptors (Lipinski definition) is 6. The van der Waals surface area contributed by atoms with Gasteiger partial charge in [-0.2, -0.15) is 0 Å². The van der Waals surface area contributed by atoms with Crippen molar-refractivity contribution >= 4 is 11.7 Å². The van der Waals surface area contributed by atoms with Gasteiger partial charge in [-0.15, -0.1) is 0 Å². The van der Waals surface area contributed by atoms with E-state index in [1.807, 2.05) is 42.5 Å². The first-order valence-corrected chi connectivity index (χ1v) is 10.3. The molecule has 0 aliphatic carbocycles. The van der Waals surface area contributed by atoms with Gasteiger partial charge in [0.15, 0.2) is 11.7 Å². The molecule has 30 heavy (non-hydrogen) atoms. The van der Waals surface area contributed by atoms with Gasteiger partial charge in [0, 0.05) is 49.8 Å². The summed E-state index contributed by atoms with van der Waals surface area (Å²) >= 11 is 0. The molecule has 1 fully saturated rings. The second kappa shape index (κ2) is 10.0. The van der Waals surface area contributed by atoms with Crippen molar-refractivity contribution < 1.29 is 13.9 Å². The van der Waals surface area contributed by atoms with E-state index in [1.165, 1.54) is 0 Å². The highest BCUT2D eigenvalue weighted by molar-refractivity contribution is 5.76. The molecule has 156 valence electrons. The van der Waals surface area contributed by atoms with Crippen LogP contribution in [0.15, 0.2) is 59.3 Å². The predicted molar refractivity (Wildman–Crippen MR) is 114 cm³/mol. The van der Waals surface area contributed by atoms with Crippen LogP contribution < -0.4 is 10.2 Å². The molecule has 7 heteroatoms. The van der Waals surface area contributed by atoms with Gasteiger partial charge in [0.25, 0.3) is 0 Å². The molecule has 1 aliphatic heterocycles. The third-order valence-corrected chi connectivity index (χ3v) is 5.06. The van der Waals surface area contributed by atoms with E-state index in [0.29, 0.717) is 44.9 Å². The number of benzene rings is 1. The molecule has 1 aliphatic rings. The van der Waals surface area contributed by atoms with E-state index in [0.717, 1.165) is 35.8 Å². The van der Waals surface area contributed by atoms with Crippen molar-refractivity contribution in [2.24, 2.45) is 0 Å². The first-order valence-electron chi connectivity index (χ1n) is 10.3.